The molecule has 0 spiro atoms. The van der Waals surface area contributed by atoms with Crippen LogP contribution in [-0.2, 0) is 17.8 Å². The number of nitrogens with zero attached hydrogens (tertiary/aromatic N) is 6. The molecule has 2 N–H and O–H groups in total. The van der Waals surface area contributed by atoms with Crippen LogP contribution in [0.3, 0.4) is 0 Å². The Labute approximate surface area is 382 Å². The fourth-order valence-electron chi connectivity index (χ4n) is 7.67. The van der Waals surface area contributed by atoms with E-state index in [0.717, 1.165) is 54.5 Å². The predicted octanol–water partition coefficient (Wildman–Crippen LogP) is 7.85. The number of carbonyl (C=O) groups excluding carboxylic acids is 4. The summed E-state index contributed by atoms with van der Waals surface area (Å²) in [4.78, 5) is 61.8. The molecule has 0 radical (unpaired) electrons. The number of furan rings is 2. The van der Waals surface area contributed by atoms with Gasteiger partial charge in [0.05, 0.1) is 57.4 Å². The van der Waals surface area contributed by atoms with Crippen molar-refractivity contribution in [2.24, 2.45) is 5.73 Å². The van der Waals surface area contributed by atoms with E-state index >= 15 is 0 Å². The van der Waals surface area contributed by atoms with Crippen LogP contribution in [0.25, 0.3) is 22.3 Å². The molecule has 0 aliphatic carbocycles. The minimum Gasteiger partial charge on any atom is -0.472 e. The molecule has 2 aliphatic heterocycles. The highest BCUT2D eigenvalue weighted by Crippen LogP contribution is 2.30. The Morgan fingerprint density at radius 3 is 1.42 bits per heavy atom. The maximum atomic E-state index is 14.9. The highest BCUT2D eigenvalue weighted by atomic mass is 19.1. The molecule has 14 nitrogen and oxygen atoms in total. The van der Waals surface area contributed by atoms with E-state index < -0.39 is 17.6 Å². The van der Waals surface area contributed by atoms with E-state index in [2.05, 4.69) is 14.5 Å². The Hall–Kier alpha value is -7.14. The van der Waals surface area contributed by atoms with Crippen molar-refractivity contribution in [2.75, 3.05) is 89.9 Å². The van der Waals surface area contributed by atoms with Crippen molar-refractivity contribution in [2.45, 2.75) is 13.1 Å². The number of ether oxygens (including phenoxy) is 1. The van der Waals surface area contributed by atoms with Crippen molar-refractivity contribution in [3.63, 3.8) is 0 Å². The lowest BCUT2D eigenvalue weighted by Crippen LogP contribution is -2.52. The van der Waals surface area contributed by atoms with Crippen LogP contribution in [-0.4, -0.2) is 124 Å². The van der Waals surface area contributed by atoms with Crippen LogP contribution in [0, 0.1) is 11.6 Å². The van der Waals surface area contributed by atoms with Gasteiger partial charge in [0.2, 0.25) is 0 Å². The van der Waals surface area contributed by atoms with Crippen LogP contribution < -0.4 is 15.5 Å². The molecule has 4 heterocycles. The van der Waals surface area contributed by atoms with Gasteiger partial charge in [-0.05, 0) is 79.8 Å². The van der Waals surface area contributed by atoms with E-state index in [4.69, 9.17) is 14.6 Å². The van der Waals surface area contributed by atoms with Crippen LogP contribution in [0.15, 0.2) is 131 Å². The highest BCUT2D eigenvalue weighted by Gasteiger charge is 2.29. The zero-order valence-corrected chi connectivity index (χ0v) is 37.2. The summed E-state index contributed by atoms with van der Waals surface area (Å²) in [6.07, 6.45) is 6.46. The van der Waals surface area contributed by atoms with Crippen molar-refractivity contribution >= 4 is 35.2 Å². The fourth-order valence-corrected chi connectivity index (χ4v) is 7.67. The van der Waals surface area contributed by atoms with Gasteiger partial charge < -0.3 is 38.9 Å². The highest BCUT2D eigenvalue weighted by molar-refractivity contribution is 5.98. The molecule has 0 bridgehead atoms. The zero-order chi connectivity index (χ0) is 46.7. The normalized spacial score (nSPS) is 14.3. The molecule has 2 aromatic heterocycles. The Bertz CT molecular complexity index is 2430. The van der Waals surface area contributed by atoms with Gasteiger partial charge in [0.1, 0.15) is 11.6 Å². The van der Waals surface area contributed by atoms with Gasteiger partial charge in [-0.25, -0.2) is 23.2 Å². The summed E-state index contributed by atoms with van der Waals surface area (Å²) in [6.45, 7) is 5.35. The minimum atomic E-state index is -0.612. The maximum absolute atomic E-state index is 14.9. The number of ketones is 1. The van der Waals surface area contributed by atoms with E-state index in [0.29, 0.717) is 48.7 Å². The molecule has 0 unspecified atom stereocenters. The quantitative estimate of drug-likeness (QED) is 0.101. The van der Waals surface area contributed by atoms with Gasteiger partial charge in [0, 0.05) is 91.6 Å². The Balaban J connectivity index is 0.000000196. The number of amides is 4. The lowest BCUT2D eigenvalue weighted by molar-refractivity contribution is 0.0600. The number of piperazine rings is 2. The molecule has 16 heteroatoms. The number of hydrogen-bond donors (Lipinski definition) is 1. The van der Waals surface area contributed by atoms with Crippen molar-refractivity contribution in [3.8, 4) is 22.3 Å². The second kappa shape index (κ2) is 21.7. The first-order valence-corrected chi connectivity index (χ1v) is 21.6. The number of benzene rings is 4. The monoisotopic (exact) mass is 901 g/mol. The SMILES string of the molecule is CN1CCN(C(=O)N(Cc2ccc(C(=O)CN)cc2F)c2cccc(-c3ccoc3)c2)CC1.COC(=O)c1ccc(CN(C(=O)N2CCN(C)CC2)c2cccc(-c3ccoc3)c2)c(F)c1. The molecular weight excluding hydrogens is 849 g/mol. The van der Waals surface area contributed by atoms with E-state index in [1.807, 2.05) is 74.8 Å². The predicted molar refractivity (Wildman–Crippen MR) is 247 cm³/mol. The summed E-state index contributed by atoms with van der Waals surface area (Å²) in [6, 6.07) is 26.8. The maximum Gasteiger partial charge on any atom is 0.337 e. The van der Waals surface area contributed by atoms with Crippen LogP contribution >= 0.6 is 0 Å². The molecule has 2 fully saturated rings. The number of nitrogens with two attached hydrogens (primary N) is 1. The van der Waals surface area contributed by atoms with Gasteiger partial charge in [-0.2, -0.15) is 0 Å². The number of likely N-dealkylation sites (N-methyl/N-ethyl adjacent to an activating group) is 2. The standard InChI is InChI=1S/C25H27FN4O3.C25H26FN3O4/c1-28-8-10-29(11-9-28)25(32)30(16-20-6-5-19(14-23(20)26)24(31)15-27)22-4-2-3-18(13-22)21-7-12-33-17-21;1-27-9-11-28(12-10-27)25(31)29(16-20-7-6-19(15-23(20)26)24(30)32-2)22-5-3-4-18(14-22)21-8-13-33-17-21/h2-7,12-14,17H,8-11,15-16,27H2,1H3;3-8,13-15,17H,9-12,16H2,1-2H3. The lowest BCUT2D eigenvalue weighted by Gasteiger charge is -2.36. The van der Waals surface area contributed by atoms with Crippen LogP contribution in [0.2, 0.25) is 0 Å². The minimum absolute atomic E-state index is 0.0211. The lowest BCUT2D eigenvalue weighted by atomic mass is 10.1. The Morgan fingerprint density at radius 1 is 0.591 bits per heavy atom. The average molecular weight is 902 g/mol. The topological polar surface area (TPSA) is 149 Å². The molecule has 0 saturated carbocycles. The molecular formula is C50H53F2N7O7. The molecule has 6 aromatic rings. The molecule has 2 aliphatic rings. The first-order chi connectivity index (χ1) is 31.9. The Kier molecular flexibility index (Phi) is 15.4. The van der Waals surface area contributed by atoms with E-state index in [1.54, 1.807) is 56.8 Å². The third-order valence-electron chi connectivity index (χ3n) is 11.7. The van der Waals surface area contributed by atoms with Crippen LogP contribution in [0.1, 0.15) is 31.8 Å². The number of hydrogen-bond acceptors (Lipinski definition) is 10. The third kappa shape index (κ3) is 11.4. The molecule has 0 atom stereocenters. The van der Waals surface area contributed by atoms with Crippen molar-refractivity contribution < 1.29 is 41.5 Å². The van der Waals surface area contributed by atoms with Crippen molar-refractivity contribution in [3.05, 3.63) is 156 Å². The second-order valence-corrected chi connectivity index (χ2v) is 16.2. The number of carbonyl (C=O) groups is 4. The molecule has 344 valence electrons. The first-order valence-electron chi connectivity index (χ1n) is 21.6. The molecule has 4 aromatic carbocycles. The summed E-state index contributed by atoms with van der Waals surface area (Å²) >= 11 is 0. The van der Waals surface area contributed by atoms with Gasteiger partial charge in [-0.3, -0.25) is 14.6 Å². The third-order valence-corrected chi connectivity index (χ3v) is 11.7. The number of halogens is 2. The van der Waals surface area contributed by atoms with Gasteiger partial charge in [-0.1, -0.05) is 42.5 Å². The van der Waals surface area contributed by atoms with Gasteiger partial charge in [0.15, 0.2) is 5.78 Å². The molecule has 8 rings (SSSR count). The van der Waals surface area contributed by atoms with Gasteiger partial charge in [0.25, 0.3) is 0 Å². The zero-order valence-electron chi connectivity index (χ0n) is 37.2. The first kappa shape index (κ1) is 46.8. The van der Waals surface area contributed by atoms with Gasteiger partial charge >= 0.3 is 18.0 Å². The molecule has 4 amide bonds. The summed E-state index contributed by atoms with van der Waals surface area (Å²) in [7, 11) is 5.29. The fraction of sp³-hybridized carbons (Fsp3) is 0.280. The summed E-state index contributed by atoms with van der Waals surface area (Å²) in [5.74, 6) is -2.06. The Morgan fingerprint density at radius 2 is 1.03 bits per heavy atom. The number of esters is 1. The number of anilines is 2. The molecule has 66 heavy (non-hydrogen) atoms. The van der Waals surface area contributed by atoms with E-state index in [-0.39, 0.29) is 48.6 Å². The summed E-state index contributed by atoms with van der Waals surface area (Å²) in [5.41, 5.74) is 11.2. The van der Waals surface area contributed by atoms with E-state index in [1.165, 1.54) is 25.3 Å². The number of rotatable bonds is 11. The number of methoxy groups -OCH3 is 1. The largest absolute Gasteiger partial charge is 0.472 e. The second-order valence-electron chi connectivity index (χ2n) is 16.2. The smallest absolute Gasteiger partial charge is 0.337 e. The average Bonchev–Trinajstić information content (AvgIpc) is 4.10. The van der Waals surface area contributed by atoms with Crippen molar-refractivity contribution in [1.82, 2.24) is 19.6 Å². The molecule has 2 saturated heterocycles. The van der Waals surface area contributed by atoms with Gasteiger partial charge in [-0.15, -0.1) is 0 Å². The number of urea groups is 2. The van der Waals surface area contributed by atoms with Crippen LogP contribution in [0.5, 0.6) is 0 Å². The summed E-state index contributed by atoms with van der Waals surface area (Å²) < 4.78 is 44.9. The van der Waals surface area contributed by atoms with Crippen molar-refractivity contribution in [1.29, 1.82) is 0 Å². The number of Topliss-reactive ketones (excluding diaryl/α,β-unsaturated/α-hetero) is 1. The summed E-state index contributed by atoms with van der Waals surface area (Å²) in [5, 5.41) is 0. The van der Waals surface area contributed by atoms with Crippen LogP contribution in [0.4, 0.5) is 29.7 Å². The van der Waals surface area contributed by atoms with E-state index in [9.17, 15) is 28.0 Å².